The van der Waals surface area contributed by atoms with Gasteiger partial charge in [-0.25, -0.2) is 14.8 Å². The first-order valence-corrected chi connectivity index (χ1v) is 14.1. The SMILES string of the molecule is O=C(NC1CCN(C(=O)c2ccc(Nc3nccn4c(-c5cn[nH]c5C(F)(F)F)cnc34)cc2Cl)CC1)N[C@H]1CCNC1. The number of piperidine rings is 1. The Bertz CT molecular complexity index is 1640. The molecule has 5 heterocycles. The van der Waals surface area contributed by atoms with Crippen LogP contribution in [0.25, 0.3) is 16.9 Å². The number of amides is 3. The number of carbonyl (C=O) groups excluding carboxylic acids is 2. The molecule has 0 unspecified atom stereocenters. The lowest BCUT2D eigenvalue weighted by Gasteiger charge is -2.33. The Morgan fingerprint density at radius 2 is 1.84 bits per heavy atom. The van der Waals surface area contributed by atoms with Gasteiger partial charge in [-0.05, 0) is 44.0 Å². The van der Waals surface area contributed by atoms with Crippen molar-refractivity contribution in [2.75, 3.05) is 31.5 Å². The van der Waals surface area contributed by atoms with Crippen LogP contribution in [0.1, 0.15) is 35.3 Å². The maximum atomic E-state index is 13.4. The molecule has 0 aliphatic carbocycles. The van der Waals surface area contributed by atoms with Crippen molar-refractivity contribution < 1.29 is 22.8 Å². The molecule has 2 aliphatic rings. The summed E-state index contributed by atoms with van der Waals surface area (Å²) in [5, 5.41) is 18.1. The Morgan fingerprint density at radius 3 is 2.56 bits per heavy atom. The third kappa shape index (κ3) is 6.08. The molecule has 1 atom stereocenters. The Hall–Kier alpha value is -4.37. The number of aromatic amines is 1. The first-order valence-electron chi connectivity index (χ1n) is 13.7. The number of urea groups is 1. The minimum absolute atomic E-state index is 0.0209. The van der Waals surface area contributed by atoms with Crippen molar-refractivity contribution in [2.24, 2.45) is 0 Å². The Kier molecular flexibility index (Phi) is 7.83. The van der Waals surface area contributed by atoms with Crippen LogP contribution in [-0.2, 0) is 6.18 Å². The largest absolute Gasteiger partial charge is 0.433 e. The zero-order chi connectivity index (χ0) is 30.1. The summed E-state index contributed by atoms with van der Waals surface area (Å²) in [4.78, 5) is 35.8. The lowest BCUT2D eigenvalue weighted by atomic mass is 10.0. The zero-order valence-corrected chi connectivity index (χ0v) is 23.5. The third-order valence-corrected chi connectivity index (χ3v) is 7.91. The average Bonchev–Trinajstić information content (AvgIpc) is 3.74. The molecule has 0 bridgehead atoms. The zero-order valence-electron chi connectivity index (χ0n) is 22.7. The third-order valence-electron chi connectivity index (χ3n) is 7.60. The topological polar surface area (TPSA) is 144 Å². The molecular weight excluding hydrogens is 589 g/mol. The summed E-state index contributed by atoms with van der Waals surface area (Å²) in [5.74, 6) is 0.0685. The molecule has 12 nitrogen and oxygen atoms in total. The molecule has 0 saturated carbocycles. The minimum Gasteiger partial charge on any atom is -0.338 e. The van der Waals surface area contributed by atoms with Gasteiger partial charge < -0.3 is 26.2 Å². The highest BCUT2D eigenvalue weighted by molar-refractivity contribution is 6.34. The van der Waals surface area contributed by atoms with Gasteiger partial charge in [0, 0.05) is 49.8 Å². The lowest BCUT2D eigenvalue weighted by Crippen LogP contribution is -2.51. The van der Waals surface area contributed by atoms with Crippen molar-refractivity contribution in [3.8, 4) is 11.3 Å². The van der Waals surface area contributed by atoms with Crippen molar-refractivity contribution in [1.82, 2.24) is 45.4 Å². The van der Waals surface area contributed by atoms with Crippen LogP contribution in [0.3, 0.4) is 0 Å². The molecule has 0 spiro atoms. The van der Waals surface area contributed by atoms with Gasteiger partial charge in [0.05, 0.1) is 34.2 Å². The number of rotatable bonds is 6. The smallest absolute Gasteiger partial charge is 0.338 e. The van der Waals surface area contributed by atoms with E-state index in [1.54, 1.807) is 23.1 Å². The van der Waals surface area contributed by atoms with Crippen LogP contribution in [0, 0.1) is 0 Å². The summed E-state index contributed by atoms with van der Waals surface area (Å²) in [6, 6.07) is 4.79. The quantitative estimate of drug-likeness (QED) is 0.222. The first-order chi connectivity index (χ1) is 20.7. The van der Waals surface area contributed by atoms with E-state index in [0.29, 0.717) is 37.2 Å². The van der Waals surface area contributed by atoms with Gasteiger partial charge in [-0.15, -0.1) is 0 Å². The standard InChI is InChI=1S/C27H28ClF3N10O2/c28-20-11-16(36-23-24-34-14-21(41(24)10-7-33-23)19-13-35-39-22(19)27(29,30)31)1-2-18(20)25(42)40-8-4-15(5-9-40)37-26(43)38-17-3-6-32-12-17/h1-2,7,10-11,13-15,17,32H,3-6,8-9,12H2,(H,33,36)(H,35,39)(H2,37,38,43)/t17-/m0/s1. The second-order valence-corrected chi connectivity index (χ2v) is 10.9. The molecule has 16 heteroatoms. The van der Waals surface area contributed by atoms with Crippen LogP contribution >= 0.6 is 11.6 Å². The number of H-pyrrole nitrogens is 1. The second-order valence-electron chi connectivity index (χ2n) is 10.5. The molecule has 2 saturated heterocycles. The molecule has 43 heavy (non-hydrogen) atoms. The van der Waals surface area contributed by atoms with Crippen LogP contribution < -0.4 is 21.3 Å². The fourth-order valence-electron chi connectivity index (χ4n) is 5.39. The fourth-order valence-corrected chi connectivity index (χ4v) is 5.66. The molecule has 0 radical (unpaired) electrons. The number of nitrogens with one attached hydrogen (secondary N) is 5. The lowest BCUT2D eigenvalue weighted by molar-refractivity contribution is -0.140. The summed E-state index contributed by atoms with van der Waals surface area (Å²) in [6.45, 7) is 2.62. The number of hydrogen-bond donors (Lipinski definition) is 5. The molecule has 2 fully saturated rings. The van der Waals surface area contributed by atoms with Crippen LogP contribution in [-0.4, -0.2) is 79.7 Å². The molecule has 4 aromatic rings. The van der Waals surface area contributed by atoms with Crippen LogP contribution in [0.15, 0.2) is 43.0 Å². The Morgan fingerprint density at radius 1 is 1.05 bits per heavy atom. The number of anilines is 2. The average molecular weight is 617 g/mol. The minimum atomic E-state index is -4.62. The number of alkyl halides is 3. The van der Waals surface area contributed by atoms with E-state index in [-0.39, 0.29) is 51.8 Å². The Balaban J connectivity index is 1.10. The second kappa shape index (κ2) is 11.7. The Labute approximate surface area is 248 Å². The predicted octanol–water partition coefficient (Wildman–Crippen LogP) is 3.80. The number of likely N-dealkylation sites (tertiary alicyclic amines) is 1. The van der Waals surface area contributed by atoms with E-state index in [2.05, 4.69) is 36.3 Å². The van der Waals surface area contributed by atoms with Gasteiger partial charge in [-0.3, -0.25) is 14.3 Å². The summed E-state index contributed by atoms with van der Waals surface area (Å²) in [6.07, 6.45) is 2.90. The van der Waals surface area contributed by atoms with E-state index in [4.69, 9.17) is 11.6 Å². The summed E-state index contributed by atoms with van der Waals surface area (Å²) in [5.41, 5.74) is 0.194. The highest BCUT2D eigenvalue weighted by Crippen LogP contribution is 2.36. The first kappa shape index (κ1) is 28.7. The molecule has 226 valence electrons. The van der Waals surface area contributed by atoms with Gasteiger partial charge in [0.25, 0.3) is 5.91 Å². The van der Waals surface area contributed by atoms with Crippen molar-refractivity contribution in [1.29, 1.82) is 0 Å². The van der Waals surface area contributed by atoms with Crippen LogP contribution in [0.4, 0.5) is 29.5 Å². The number of halogens is 4. The number of carbonyl (C=O) groups is 2. The van der Waals surface area contributed by atoms with E-state index in [1.807, 2.05) is 5.10 Å². The maximum absolute atomic E-state index is 13.4. The van der Waals surface area contributed by atoms with Gasteiger partial charge in [-0.2, -0.15) is 18.3 Å². The normalized spacial score (nSPS) is 17.8. The maximum Gasteiger partial charge on any atom is 0.433 e. The predicted molar refractivity (Wildman–Crippen MR) is 152 cm³/mol. The molecule has 1 aromatic carbocycles. The van der Waals surface area contributed by atoms with Gasteiger partial charge in [0.15, 0.2) is 11.5 Å². The molecule has 2 aliphatic heterocycles. The summed E-state index contributed by atoms with van der Waals surface area (Å²) in [7, 11) is 0. The summed E-state index contributed by atoms with van der Waals surface area (Å²) < 4.78 is 41.8. The van der Waals surface area contributed by atoms with E-state index >= 15 is 0 Å². The van der Waals surface area contributed by atoms with Crippen LogP contribution in [0.2, 0.25) is 5.02 Å². The van der Waals surface area contributed by atoms with E-state index < -0.39 is 11.9 Å². The van der Waals surface area contributed by atoms with Gasteiger partial charge in [0.1, 0.15) is 5.69 Å². The molecule has 5 N–H and O–H groups in total. The number of aromatic nitrogens is 5. The monoisotopic (exact) mass is 616 g/mol. The van der Waals surface area contributed by atoms with Crippen molar-refractivity contribution >= 4 is 40.7 Å². The van der Waals surface area contributed by atoms with Crippen molar-refractivity contribution in [2.45, 2.75) is 37.5 Å². The number of nitrogens with zero attached hydrogens (tertiary/aromatic N) is 5. The number of fused-ring (bicyclic) bond motifs is 1. The highest BCUT2D eigenvalue weighted by atomic mass is 35.5. The van der Waals surface area contributed by atoms with Gasteiger partial charge in [-0.1, -0.05) is 11.6 Å². The molecule has 3 aromatic heterocycles. The molecule has 3 amide bonds. The fraction of sp³-hybridized carbons (Fsp3) is 0.370. The summed E-state index contributed by atoms with van der Waals surface area (Å²) >= 11 is 6.52. The van der Waals surface area contributed by atoms with Crippen LogP contribution in [0.5, 0.6) is 0 Å². The number of benzene rings is 1. The van der Waals surface area contributed by atoms with Gasteiger partial charge in [0.2, 0.25) is 0 Å². The molecular formula is C27H28ClF3N10O2. The number of imidazole rings is 1. The number of hydrogen-bond acceptors (Lipinski definition) is 7. The van der Waals surface area contributed by atoms with Crippen molar-refractivity contribution in [3.05, 3.63) is 59.3 Å². The van der Waals surface area contributed by atoms with Crippen molar-refractivity contribution in [3.63, 3.8) is 0 Å². The van der Waals surface area contributed by atoms with Gasteiger partial charge >= 0.3 is 12.2 Å². The van der Waals surface area contributed by atoms with E-state index in [9.17, 15) is 22.8 Å². The van der Waals surface area contributed by atoms with E-state index in [0.717, 1.165) is 25.7 Å². The highest BCUT2D eigenvalue weighted by Gasteiger charge is 2.36. The molecule has 6 rings (SSSR count). The van der Waals surface area contributed by atoms with E-state index in [1.165, 1.54) is 23.0 Å².